The summed E-state index contributed by atoms with van der Waals surface area (Å²) in [6, 6.07) is 0. The van der Waals surface area contributed by atoms with Crippen LogP contribution in [0.15, 0.2) is 24.3 Å². The van der Waals surface area contributed by atoms with Gasteiger partial charge in [0.2, 0.25) is 11.8 Å². The van der Waals surface area contributed by atoms with E-state index in [0.29, 0.717) is 25.9 Å². The largest absolute Gasteiger partial charge is 0.352 e. The average Bonchev–Trinajstić information content (AvgIpc) is 2.29. The Bertz CT molecular complexity index is 290. The third-order valence-corrected chi connectivity index (χ3v) is 2.23. The van der Waals surface area contributed by atoms with Crippen LogP contribution in [0, 0.1) is 0 Å². The molecule has 18 heavy (non-hydrogen) atoms. The Morgan fingerprint density at radius 2 is 1.17 bits per heavy atom. The van der Waals surface area contributed by atoms with Gasteiger partial charge in [0.15, 0.2) is 0 Å². The molecule has 0 spiro atoms. The average molecular weight is 252 g/mol. The maximum atomic E-state index is 11.3. The number of unbranched alkanes of at least 4 members (excludes halogenated alkanes) is 1. The number of hydrogen-bond acceptors (Lipinski definition) is 2. The van der Waals surface area contributed by atoms with Gasteiger partial charge in [0.25, 0.3) is 0 Å². The first-order valence-electron chi connectivity index (χ1n) is 6.24. The molecule has 0 aliphatic heterocycles. The molecule has 2 N–H and O–H groups in total. The number of carbonyl (C=O) groups is 2. The summed E-state index contributed by atoms with van der Waals surface area (Å²) >= 11 is 0. The maximum absolute atomic E-state index is 11.3. The van der Waals surface area contributed by atoms with E-state index in [-0.39, 0.29) is 11.8 Å². The summed E-state index contributed by atoms with van der Waals surface area (Å²) in [4.78, 5) is 22.7. The summed E-state index contributed by atoms with van der Waals surface area (Å²) < 4.78 is 0. The van der Waals surface area contributed by atoms with E-state index >= 15 is 0 Å². The van der Waals surface area contributed by atoms with Gasteiger partial charge < -0.3 is 10.6 Å². The molecule has 0 aliphatic rings. The Hall–Kier alpha value is -1.58. The molecule has 0 saturated carbocycles. The van der Waals surface area contributed by atoms with Crippen LogP contribution in [0.3, 0.4) is 0 Å². The number of amides is 2. The third-order valence-electron chi connectivity index (χ3n) is 2.23. The molecule has 0 rings (SSSR count). The van der Waals surface area contributed by atoms with Crippen molar-refractivity contribution >= 4 is 11.8 Å². The van der Waals surface area contributed by atoms with Crippen LogP contribution in [-0.2, 0) is 9.59 Å². The predicted octanol–water partition coefficient (Wildman–Crippen LogP) is 1.93. The minimum Gasteiger partial charge on any atom is -0.352 e. The number of nitrogens with one attached hydrogen (secondary N) is 2. The van der Waals surface area contributed by atoms with E-state index in [4.69, 9.17) is 0 Å². The predicted molar refractivity (Wildman–Crippen MR) is 74.1 cm³/mol. The van der Waals surface area contributed by atoms with Crippen molar-refractivity contribution in [2.45, 2.75) is 39.5 Å². The summed E-state index contributed by atoms with van der Waals surface area (Å²) in [5.74, 6) is 0.0284. The Balaban J connectivity index is 3.49. The summed E-state index contributed by atoms with van der Waals surface area (Å²) in [6.07, 6.45) is 2.37. The molecule has 0 aromatic heterocycles. The van der Waals surface area contributed by atoms with Crippen LogP contribution >= 0.6 is 0 Å². The number of carbonyl (C=O) groups excluding carboxylic acids is 2. The standard InChI is InChI=1S/C14H24N2O2/c1-11(2)9-15-13(17)7-5-6-8-14(18)16-10-12(3)4/h1,3,5-10H2,2,4H3,(H,15,17)(H,16,18). The zero-order valence-electron chi connectivity index (χ0n) is 11.5. The molecule has 0 aliphatic carbocycles. The van der Waals surface area contributed by atoms with Crippen molar-refractivity contribution in [3.8, 4) is 0 Å². The van der Waals surface area contributed by atoms with Gasteiger partial charge >= 0.3 is 0 Å². The van der Waals surface area contributed by atoms with Gasteiger partial charge in [-0.1, -0.05) is 24.3 Å². The number of hydrogen-bond donors (Lipinski definition) is 2. The smallest absolute Gasteiger partial charge is 0.220 e. The van der Waals surface area contributed by atoms with Crippen LogP contribution in [0.25, 0.3) is 0 Å². The summed E-state index contributed by atoms with van der Waals surface area (Å²) in [5, 5.41) is 5.52. The first kappa shape index (κ1) is 16.4. The van der Waals surface area contributed by atoms with E-state index in [1.807, 2.05) is 13.8 Å². The molecule has 0 aromatic rings. The summed E-state index contributed by atoms with van der Waals surface area (Å²) in [7, 11) is 0. The third kappa shape index (κ3) is 10.9. The zero-order chi connectivity index (χ0) is 14.0. The lowest BCUT2D eigenvalue weighted by molar-refractivity contribution is -0.122. The second-order valence-corrected chi connectivity index (χ2v) is 4.67. The highest BCUT2D eigenvalue weighted by molar-refractivity contribution is 5.77. The van der Waals surface area contributed by atoms with Crippen molar-refractivity contribution < 1.29 is 9.59 Å². The second-order valence-electron chi connectivity index (χ2n) is 4.67. The quantitative estimate of drug-likeness (QED) is 0.486. The van der Waals surface area contributed by atoms with Crippen molar-refractivity contribution in [2.24, 2.45) is 0 Å². The van der Waals surface area contributed by atoms with Crippen molar-refractivity contribution in [2.75, 3.05) is 13.1 Å². The van der Waals surface area contributed by atoms with Crippen LogP contribution in [0.1, 0.15) is 39.5 Å². The molecule has 4 heteroatoms. The van der Waals surface area contributed by atoms with Crippen LogP contribution in [-0.4, -0.2) is 24.9 Å². The molecule has 0 saturated heterocycles. The first-order valence-corrected chi connectivity index (χ1v) is 6.24. The molecular weight excluding hydrogens is 228 g/mol. The van der Waals surface area contributed by atoms with Gasteiger partial charge in [0.05, 0.1) is 0 Å². The van der Waals surface area contributed by atoms with E-state index in [9.17, 15) is 9.59 Å². The minimum absolute atomic E-state index is 0.0142. The monoisotopic (exact) mass is 252 g/mol. The van der Waals surface area contributed by atoms with Gasteiger partial charge in [-0.3, -0.25) is 9.59 Å². The molecule has 0 atom stereocenters. The van der Waals surface area contributed by atoms with Crippen LogP contribution in [0.4, 0.5) is 0 Å². The van der Waals surface area contributed by atoms with Crippen molar-refractivity contribution in [1.29, 1.82) is 0 Å². The Morgan fingerprint density at radius 1 is 0.833 bits per heavy atom. The van der Waals surface area contributed by atoms with Gasteiger partial charge in [-0.15, -0.1) is 0 Å². The highest BCUT2D eigenvalue weighted by atomic mass is 16.2. The van der Waals surface area contributed by atoms with Gasteiger partial charge in [-0.05, 0) is 26.7 Å². The molecule has 0 heterocycles. The summed E-state index contributed by atoms with van der Waals surface area (Å²) in [6.45, 7) is 12.2. The zero-order valence-corrected chi connectivity index (χ0v) is 11.5. The van der Waals surface area contributed by atoms with Crippen molar-refractivity contribution in [3.05, 3.63) is 24.3 Å². The van der Waals surface area contributed by atoms with E-state index < -0.39 is 0 Å². The Kier molecular flexibility index (Phi) is 8.62. The van der Waals surface area contributed by atoms with Crippen LogP contribution in [0.2, 0.25) is 0 Å². The molecule has 0 aromatic carbocycles. The minimum atomic E-state index is 0.0142. The topological polar surface area (TPSA) is 58.2 Å². The summed E-state index contributed by atoms with van der Waals surface area (Å²) in [5.41, 5.74) is 1.87. The van der Waals surface area contributed by atoms with Crippen LogP contribution < -0.4 is 10.6 Å². The Labute approximate surface area is 110 Å². The fourth-order valence-corrected chi connectivity index (χ4v) is 1.25. The molecule has 0 bridgehead atoms. The lowest BCUT2D eigenvalue weighted by atomic mass is 10.1. The molecule has 0 unspecified atom stereocenters. The molecule has 2 amide bonds. The fraction of sp³-hybridized carbons (Fsp3) is 0.571. The van der Waals surface area contributed by atoms with Gasteiger partial charge in [0, 0.05) is 25.9 Å². The van der Waals surface area contributed by atoms with E-state index in [1.54, 1.807) is 0 Å². The SMILES string of the molecule is C=C(C)CNC(=O)CCCCC(=O)NCC(=C)C. The normalized spacial score (nSPS) is 9.67. The maximum Gasteiger partial charge on any atom is 0.220 e. The number of rotatable bonds is 9. The van der Waals surface area contributed by atoms with Gasteiger partial charge in [-0.25, -0.2) is 0 Å². The van der Waals surface area contributed by atoms with Crippen molar-refractivity contribution in [3.63, 3.8) is 0 Å². The highest BCUT2D eigenvalue weighted by Gasteiger charge is 2.03. The van der Waals surface area contributed by atoms with Gasteiger partial charge in [0.1, 0.15) is 0 Å². The van der Waals surface area contributed by atoms with Crippen LogP contribution in [0.5, 0.6) is 0 Å². The molecular formula is C14H24N2O2. The lowest BCUT2D eigenvalue weighted by Gasteiger charge is -2.05. The highest BCUT2D eigenvalue weighted by Crippen LogP contribution is 2.00. The van der Waals surface area contributed by atoms with E-state index in [0.717, 1.165) is 24.0 Å². The van der Waals surface area contributed by atoms with Gasteiger partial charge in [-0.2, -0.15) is 0 Å². The van der Waals surface area contributed by atoms with E-state index in [2.05, 4.69) is 23.8 Å². The fourth-order valence-electron chi connectivity index (χ4n) is 1.25. The second kappa shape index (κ2) is 9.45. The Morgan fingerprint density at radius 3 is 1.44 bits per heavy atom. The molecule has 0 radical (unpaired) electrons. The van der Waals surface area contributed by atoms with E-state index in [1.165, 1.54) is 0 Å². The molecule has 4 nitrogen and oxygen atoms in total. The molecule has 102 valence electrons. The molecule has 0 fully saturated rings. The van der Waals surface area contributed by atoms with Crippen molar-refractivity contribution in [1.82, 2.24) is 10.6 Å². The lowest BCUT2D eigenvalue weighted by Crippen LogP contribution is -2.25. The first-order chi connectivity index (χ1) is 8.41.